The van der Waals surface area contributed by atoms with Crippen molar-refractivity contribution in [1.82, 2.24) is 4.72 Å². The van der Waals surface area contributed by atoms with Crippen LogP contribution in [0.4, 0.5) is 5.69 Å². The van der Waals surface area contributed by atoms with Crippen molar-refractivity contribution >= 4 is 27.3 Å². The normalized spacial score (nSPS) is 23.7. The number of sulfonamides is 1. The summed E-state index contributed by atoms with van der Waals surface area (Å²) in [6, 6.07) is 4.72. The molecule has 0 spiro atoms. The molecule has 0 radical (unpaired) electrons. The molecular weight excluding hydrogens is 296 g/mol. The Labute approximate surface area is 125 Å². The van der Waals surface area contributed by atoms with E-state index in [0.717, 1.165) is 18.8 Å². The molecule has 1 aromatic rings. The molecule has 4 nitrogen and oxygen atoms in total. The van der Waals surface area contributed by atoms with E-state index in [0.29, 0.717) is 12.5 Å². The van der Waals surface area contributed by atoms with E-state index in [1.165, 1.54) is 18.9 Å². The van der Waals surface area contributed by atoms with Crippen molar-refractivity contribution in [1.29, 1.82) is 0 Å². The van der Waals surface area contributed by atoms with Crippen LogP contribution in [0.25, 0.3) is 0 Å². The zero-order valence-electron chi connectivity index (χ0n) is 11.6. The van der Waals surface area contributed by atoms with E-state index in [1.807, 2.05) is 0 Å². The molecule has 0 heterocycles. The fourth-order valence-corrected chi connectivity index (χ4v) is 4.43. The summed E-state index contributed by atoms with van der Waals surface area (Å²) in [4.78, 5) is -0.00848. The van der Waals surface area contributed by atoms with E-state index in [9.17, 15) is 8.42 Å². The minimum absolute atomic E-state index is 0.00848. The third-order valence-corrected chi connectivity index (χ3v) is 5.93. The van der Waals surface area contributed by atoms with Gasteiger partial charge in [-0.25, -0.2) is 13.1 Å². The van der Waals surface area contributed by atoms with Gasteiger partial charge in [-0.2, -0.15) is 0 Å². The third kappa shape index (κ3) is 3.65. The Bertz CT molecular complexity index is 546. The van der Waals surface area contributed by atoms with Gasteiger partial charge < -0.3 is 5.73 Å². The highest BCUT2D eigenvalue weighted by Crippen LogP contribution is 2.29. The molecule has 0 aliphatic heterocycles. The van der Waals surface area contributed by atoms with E-state index in [1.54, 1.807) is 12.1 Å². The molecule has 6 heteroatoms. The molecule has 0 amide bonds. The largest absolute Gasteiger partial charge is 0.398 e. The first-order valence-corrected chi connectivity index (χ1v) is 8.80. The van der Waals surface area contributed by atoms with Crippen LogP contribution in [0.3, 0.4) is 0 Å². The molecule has 0 saturated heterocycles. The van der Waals surface area contributed by atoms with Crippen LogP contribution in [-0.2, 0) is 10.0 Å². The molecule has 0 aromatic heterocycles. The van der Waals surface area contributed by atoms with Gasteiger partial charge in [-0.1, -0.05) is 37.4 Å². The van der Waals surface area contributed by atoms with Crippen molar-refractivity contribution in [2.24, 2.45) is 11.8 Å². The number of anilines is 1. The van der Waals surface area contributed by atoms with Crippen molar-refractivity contribution in [3.63, 3.8) is 0 Å². The van der Waals surface area contributed by atoms with E-state index >= 15 is 0 Å². The Morgan fingerprint density at radius 1 is 1.30 bits per heavy atom. The van der Waals surface area contributed by atoms with Crippen molar-refractivity contribution in [2.45, 2.75) is 37.5 Å². The van der Waals surface area contributed by atoms with Gasteiger partial charge in [-0.3, -0.25) is 0 Å². The average molecular weight is 317 g/mol. The molecule has 1 aliphatic carbocycles. The number of halogens is 1. The Kier molecular flexibility index (Phi) is 4.94. The minimum atomic E-state index is -3.64. The SMILES string of the molecule is CC1CCC(CNS(=O)(=O)c2c(N)cccc2Cl)CC1. The monoisotopic (exact) mass is 316 g/mol. The van der Waals surface area contributed by atoms with Crippen LogP contribution in [0.15, 0.2) is 23.1 Å². The van der Waals surface area contributed by atoms with Gasteiger partial charge in [0.15, 0.2) is 0 Å². The van der Waals surface area contributed by atoms with Crippen molar-refractivity contribution in [3.05, 3.63) is 23.2 Å². The molecule has 1 fully saturated rings. The van der Waals surface area contributed by atoms with E-state index in [2.05, 4.69) is 11.6 Å². The summed E-state index contributed by atoms with van der Waals surface area (Å²) in [5.41, 5.74) is 5.91. The summed E-state index contributed by atoms with van der Waals surface area (Å²) in [5, 5.41) is 0.162. The van der Waals surface area contributed by atoms with Gasteiger partial charge in [-0.05, 0) is 36.8 Å². The number of benzene rings is 1. The third-order valence-electron chi connectivity index (χ3n) is 3.96. The van der Waals surface area contributed by atoms with Crippen molar-refractivity contribution in [2.75, 3.05) is 12.3 Å². The summed E-state index contributed by atoms with van der Waals surface area (Å²) in [5.74, 6) is 1.16. The predicted molar refractivity (Wildman–Crippen MR) is 82.2 cm³/mol. The molecule has 3 N–H and O–H groups in total. The van der Waals surface area contributed by atoms with Gasteiger partial charge in [0, 0.05) is 6.54 Å². The van der Waals surface area contributed by atoms with E-state index in [4.69, 9.17) is 17.3 Å². The first-order chi connectivity index (χ1) is 9.40. The van der Waals surface area contributed by atoms with Crippen LogP contribution in [0.1, 0.15) is 32.6 Å². The molecular formula is C14H21ClN2O2S. The summed E-state index contributed by atoms with van der Waals surface area (Å²) in [6.45, 7) is 2.70. The Morgan fingerprint density at radius 2 is 1.95 bits per heavy atom. The maximum absolute atomic E-state index is 12.3. The fraction of sp³-hybridized carbons (Fsp3) is 0.571. The zero-order chi connectivity index (χ0) is 14.8. The molecule has 0 atom stereocenters. The maximum atomic E-state index is 12.3. The van der Waals surface area contributed by atoms with Gasteiger partial charge >= 0.3 is 0 Å². The lowest BCUT2D eigenvalue weighted by Crippen LogP contribution is -2.31. The number of nitrogens with one attached hydrogen (secondary N) is 1. The van der Waals surface area contributed by atoms with Crippen LogP contribution in [0.5, 0.6) is 0 Å². The highest BCUT2D eigenvalue weighted by molar-refractivity contribution is 7.89. The average Bonchev–Trinajstić information content (AvgIpc) is 2.37. The second-order valence-corrected chi connectivity index (χ2v) is 7.75. The molecule has 20 heavy (non-hydrogen) atoms. The maximum Gasteiger partial charge on any atom is 0.244 e. The van der Waals surface area contributed by atoms with Gasteiger partial charge in [-0.15, -0.1) is 0 Å². The topological polar surface area (TPSA) is 72.2 Å². The lowest BCUT2D eigenvalue weighted by atomic mass is 9.83. The Hall–Kier alpha value is -0.780. The first-order valence-electron chi connectivity index (χ1n) is 6.94. The molecule has 0 bridgehead atoms. The summed E-state index contributed by atoms with van der Waals surface area (Å²) in [7, 11) is -3.64. The number of nitrogens with two attached hydrogens (primary N) is 1. The number of hydrogen-bond acceptors (Lipinski definition) is 3. The second-order valence-electron chi connectivity index (χ2n) is 5.64. The summed E-state index contributed by atoms with van der Waals surface area (Å²) < 4.78 is 27.3. The lowest BCUT2D eigenvalue weighted by molar-refractivity contribution is 0.290. The second kappa shape index (κ2) is 6.33. The quantitative estimate of drug-likeness (QED) is 0.839. The number of nitrogen functional groups attached to an aromatic ring is 1. The first kappa shape index (κ1) is 15.6. The lowest BCUT2D eigenvalue weighted by Gasteiger charge is -2.26. The molecule has 112 valence electrons. The highest BCUT2D eigenvalue weighted by atomic mass is 35.5. The molecule has 2 rings (SSSR count). The zero-order valence-corrected chi connectivity index (χ0v) is 13.2. The number of rotatable bonds is 4. The Morgan fingerprint density at radius 3 is 2.55 bits per heavy atom. The van der Waals surface area contributed by atoms with Crippen molar-refractivity contribution in [3.8, 4) is 0 Å². The molecule has 1 aromatic carbocycles. The molecule has 1 aliphatic rings. The van der Waals surface area contributed by atoms with Crippen LogP contribution in [-0.4, -0.2) is 15.0 Å². The van der Waals surface area contributed by atoms with E-state index < -0.39 is 10.0 Å². The highest BCUT2D eigenvalue weighted by Gasteiger charge is 2.24. The van der Waals surface area contributed by atoms with Crippen LogP contribution in [0, 0.1) is 11.8 Å². The predicted octanol–water partition coefficient (Wildman–Crippen LogP) is 3.03. The molecule has 1 saturated carbocycles. The van der Waals surface area contributed by atoms with Gasteiger partial charge in [0.25, 0.3) is 0 Å². The van der Waals surface area contributed by atoms with Crippen LogP contribution >= 0.6 is 11.6 Å². The minimum Gasteiger partial charge on any atom is -0.398 e. The van der Waals surface area contributed by atoms with Crippen LogP contribution in [0.2, 0.25) is 5.02 Å². The molecule has 0 unspecified atom stereocenters. The summed E-state index contributed by atoms with van der Waals surface area (Å²) >= 11 is 5.96. The standard InChI is InChI=1S/C14H21ClN2O2S/c1-10-5-7-11(8-6-10)9-17-20(18,19)14-12(15)3-2-4-13(14)16/h2-4,10-11,17H,5-9,16H2,1H3. The van der Waals surface area contributed by atoms with Gasteiger partial charge in [0.2, 0.25) is 10.0 Å². The number of hydrogen-bond donors (Lipinski definition) is 2. The van der Waals surface area contributed by atoms with Crippen LogP contribution < -0.4 is 10.5 Å². The Balaban J connectivity index is 2.05. The van der Waals surface area contributed by atoms with E-state index in [-0.39, 0.29) is 15.6 Å². The van der Waals surface area contributed by atoms with Gasteiger partial charge in [0.05, 0.1) is 10.7 Å². The summed E-state index contributed by atoms with van der Waals surface area (Å²) in [6.07, 6.45) is 4.48. The fourth-order valence-electron chi connectivity index (χ4n) is 2.64. The smallest absolute Gasteiger partial charge is 0.244 e. The van der Waals surface area contributed by atoms with Crippen molar-refractivity contribution < 1.29 is 8.42 Å². The van der Waals surface area contributed by atoms with Gasteiger partial charge in [0.1, 0.15) is 4.90 Å².